The van der Waals surface area contributed by atoms with E-state index in [1.54, 1.807) is 43.3 Å². The van der Waals surface area contributed by atoms with Crippen LogP contribution in [0.4, 0.5) is 0 Å². The van der Waals surface area contributed by atoms with Crippen LogP contribution in [-0.4, -0.2) is 35.9 Å². The van der Waals surface area contributed by atoms with E-state index in [0.29, 0.717) is 32.9 Å². The normalized spacial score (nSPS) is 11.7. The zero-order valence-electron chi connectivity index (χ0n) is 16.5. The molecule has 156 valence electrons. The zero-order valence-corrected chi connectivity index (χ0v) is 18.7. The van der Waals surface area contributed by atoms with Crippen LogP contribution in [0.15, 0.2) is 36.4 Å². The summed E-state index contributed by atoms with van der Waals surface area (Å²) in [5, 5.41) is 4.19. The van der Waals surface area contributed by atoms with Gasteiger partial charge in [-0.1, -0.05) is 40.9 Å². The van der Waals surface area contributed by atoms with E-state index in [2.05, 4.69) is 5.32 Å². The van der Waals surface area contributed by atoms with Crippen molar-refractivity contribution in [3.63, 3.8) is 0 Å². The number of nitrogens with one attached hydrogen (secondary N) is 1. The number of benzene rings is 2. The van der Waals surface area contributed by atoms with Crippen molar-refractivity contribution in [2.45, 2.75) is 33.4 Å². The van der Waals surface area contributed by atoms with Crippen LogP contribution in [0.3, 0.4) is 0 Å². The molecule has 0 aromatic heterocycles. The fraction of sp³-hybridized carbons (Fsp3) is 0.333. The minimum atomic E-state index is -0.731. The molecule has 2 aromatic carbocycles. The zero-order chi connectivity index (χ0) is 21.6. The molecule has 1 atom stereocenters. The molecule has 2 aromatic rings. The Hall–Kier alpha value is -1.95. The molecule has 1 N–H and O–H groups in total. The van der Waals surface area contributed by atoms with Crippen LogP contribution >= 0.6 is 34.8 Å². The molecule has 8 heteroatoms. The van der Waals surface area contributed by atoms with E-state index in [9.17, 15) is 9.59 Å². The number of hydrogen-bond donors (Lipinski definition) is 1. The molecule has 5 nitrogen and oxygen atoms in total. The van der Waals surface area contributed by atoms with E-state index in [4.69, 9.17) is 39.5 Å². The van der Waals surface area contributed by atoms with Crippen molar-refractivity contribution in [3.8, 4) is 5.75 Å². The molecule has 0 aliphatic carbocycles. The van der Waals surface area contributed by atoms with Crippen molar-refractivity contribution < 1.29 is 14.3 Å². The second kappa shape index (κ2) is 10.7. The Balaban J connectivity index is 2.22. The van der Waals surface area contributed by atoms with Crippen molar-refractivity contribution in [1.82, 2.24) is 10.2 Å². The molecule has 0 saturated heterocycles. The molecule has 29 heavy (non-hydrogen) atoms. The topological polar surface area (TPSA) is 58.6 Å². The van der Waals surface area contributed by atoms with Gasteiger partial charge >= 0.3 is 0 Å². The Kier molecular flexibility index (Phi) is 8.62. The molecule has 0 spiro atoms. The first kappa shape index (κ1) is 23.3. The van der Waals surface area contributed by atoms with Gasteiger partial charge in [0.1, 0.15) is 11.8 Å². The van der Waals surface area contributed by atoms with Gasteiger partial charge in [-0.3, -0.25) is 9.59 Å². The van der Waals surface area contributed by atoms with Crippen LogP contribution in [0, 0.1) is 6.92 Å². The molecule has 0 fully saturated rings. The molecular weight excluding hydrogens is 435 g/mol. The average Bonchev–Trinajstić information content (AvgIpc) is 2.68. The van der Waals surface area contributed by atoms with Crippen molar-refractivity contribution in [1.29, 1.82) is 0 Å². The van der Waals surface area contributed by atoms with E-state index in [-0.39, 0.29) is 25.0 Å². The lowest BCUT2D eigenvalue weighted by Gasteiger charge is -2.29. The Labute approximate surface area is 185 Å². The predicted octanol–water partition coefficient (Wildman–Crippen LogP) is 4.89. The van der Waals surface area contributed by atoms with Gasteiger partial charge in [0.05, 0.1) is 0 Å². The molecule has 0 unspecified atom stereocenters. The van der Waals surface area contributed by atoms with Crippen molar-refractivity contribution >= 4 is 46.6 Å². The first-order valence-electron chi connectivity index (χ1n) is 9.13. The third kappa shape index (κ3) is 6.26. The third-order valence-corrected chi connectivity index (χ3v) is 5.53. The summed E-state index contributed by atoms with van der Waals surface area (Å²) in [7, 11) is 0. The Morgan fingerprint density at radius 3 is 2.34 bits per heavy atom. The lowest BCUT2D eigenvalue weighted by molar-refractivity contribution is -0.142. The van der Waals surface area contributed by atoms with Crippen LogP contribution in [0.5, 0.6) is 5.75 Å². The fourth-order valence-electron chi connectivity index (χ4n) is 2.69. The van der Waals surface area contributed by atoms with Gasteiger partial charge in [-0.25, -0.2) is 0 Å². The first-order chi connectivity index (χ1) is 13.7. The SMILES string of the molecule is CCNC(=O)[C@@H](C)N(Cc1c(Cl)cccc1Cl)C(=O)COc1ccc(Cl)c(C)c1. The highest BCUT2D eigenvalue weighted by molar-refractivity contribution is 6.36. The molecule has 0 aliphatic rings. The first-order valence-corrected chi connectivity index (χ1v) is 10.3. The molecule has 2 rings (SSSR count). The maximum Gasteiger partial charge on any atom is 0.261 e. The molecular formula is C21H23Cl3N2O3. The van der Waals surface area contributed by atoms with E-state index >= 15 is 0 Å². The summed E-state index contributed by atoms with van der Waals surface area (Å²) in [6.45, 7) is 5.61. The maximum absolute atomic E-state index is 13.0. The minimum Gasteiger partial charge on any atom is -0.484 e. The summed E-state index contributed by atoms with van der Waals surface area (Å²) in [5.41, 5.74) is 1.41. The smallest absolute Gasteiger partial charge is 0.261 e. The number of carbonyl (C=O) groups is 2. The number of ether oxygens (including phenoxy) is 1. The van der Waals surface area contributed by atoms with Gasteiger partial charge in [-0.05, 0) is 56.7 Å². The number of nitrogens with zero attached hydrogens (tertiary/aromatic N) is 1. The average molecular weight is 458 g/mol. The summed E-state index contributed by atoms with van der Waals surface area (Å²) < 4.78 is 5.63. The summed E-state index contributed by atoms with van der Waals surface area (Å²) in [6, 6.07) is 9.51. The van der Waals surface area contributed by atoms with Gasteiger partial charge in [-0.15, -0.1) is 0 Å². The number of carbonyl (C=O) groups excluding carboxylic acids is 2. The largest absolute Gasteiger partial charge is 0.484 e. The monoisotopic (exact) mass is 456 g/mol. The highest BCUT2D eigenvalue weighted by Gasteiger charge is 2.27. The van der Waals surface area contributed by atoms with Gasteiger partial charge < -0.3 is 15.0 Å². The number of amides is 2. The molecule has 0 bridgehead atoms. The maximum atomic E-state index is 13.0. The van der Waals surface area contributed by atoms with Crippen LogP contribution in [0.25, 0.3) is 0 Å². The van der Waals surface area contributed by atoms with Crippen LogP contribution in [0.1, 0.15) is 25.0 Å². The standard InChI is InChI=1S/C21H23Cl3N2O3/c1-4-25-21(28)14(3)26(11-16-18(23)6-5-7-19(16)24)20(27)12-29-15-8-9-17(22)13(2)10-15/h5-10,14H,4,11-12H2,1-3H3,(H,25,28)/t14-/m1/s1. The van der Waals surface area contributed by atoms with Gasteiger partial charge in [0.15, 0.2) is 6.61 Å². The quantitative estimate of drug-likeness (QED) is 0.614. The Morgan fingerprint density at radius 1 is 1.10 bits per heavy atom. The predicted molar refractivity (Wildman–Crippen MR) is 117 cm³/mol. The van der Waals surface area contributed by atoms with E-state index in [1.165, 1.54) is 4.90 Å². The molecule has 2 amide bonds. The van der Waals surface area contributed by atoms with Crippen LogP contribution < -0.4 is 10.1 Å². The van der Waals surface area contributed by atoms with Gasteiger partial charge in [0.25, 0.3) is 5.91 Å². The van der Waals surface area contributed by atoms with E-state index in [0.717, 1.165) is 5.56 Å². The second-order valence-electron chi connectivity index (χ2n) is 6.49. The van der Waals surface area contributed by atoms with E-state index < -0.39 is 6.04 Å². The van der Waals surface area contributed by atoms with Crippen molar-refractivity contribution in [3.05, 3.63) is 62.6 Å². The number of hydrogen-bond acceptors (Lipinski definition) is 3. The number of rotatable bonds is 8. The second-order valence-corrected chi connectivity index (χ2v) is 7.71. The molecule has 0 saturated carbocycles. The van der Waals surface area contributed by atoms with Crippen LogP contribution in [-0.2, 0) is 16.1 Å². The van der Waals surface area contributed by atoms with E-state index in [1.807, 2.05) is 13.8 Å². The van der Waals surface area contributed by atoms with Gasteiger partial charge in [0, 0.05) is 33.7 Å². The number of aryl methyl sites for hydroxylation is 1. The van der Waals surface area contributed by atoms with Crippen molar-refractivity contribution in [2.24, 2.45) is 0 Å². The number of likely N-dealkylation sites (N-methyl/N-ethyl adjacent to an activating group) is 1. The summed E-state index contributed by atoms with van der Waals surface area (Å²) >= 11 is 18.5. The Morgan fingerprint density at radius 2 is 1.76 bits per heavy atom. The highest BCUT2D eigenvalue weighted by atomic mass is 35.5. The fourth-order valence-corrected chi connectivity index (χ4v) is 3.33. The lowest BCUT2D eigenvalue weighted by Crippen LogP contribution is -2.49. The summed E-state index contributed by atoms with van der Waals surface area (Å²) in [5.74, 6) is -0.125. The molecule has 0 heterocycles. The molecule has 0 aliphatic heterocycles. The van der Waals surface area contributed by atoms with Gasteiger partial charge in [0.2, 0.25) is 5.91 Å². The Bertz CT molecular complexity index is 869. The summed E-state index contributed by atoms with van der Waals surface area (Å²) in [6.07, 6.45) is 0. The third-order valence-electron chi connectivity index (χ3n) is 4.40. The molecule has 0 radical (unpaired) electrons. The van der Waals surface area contributed by atoms with Crippen LogP contribution in [0.2, 0.25) is 15.1 Å². The highest BCUT2D eigenvalue weighted by Crippen LogP contribution is 2.27. The minimum absolute atomic E-state index is 0.0820. The van der Waals surface area contributed by atoms with Crippen molar-refractivity contribution in [2.75, 3.05) is 13.2 Å². The summed E-state index contributed by atoms with van der Waals surface area (Å²) in [4.78, 5) is 26.7. The number of halogens is 3. The van der Waals surface area contributed by atoms with Gasteiger partial charge in [-0.2, -0.15) is 0 Å². The lowest BCUT2D eigenvalue weighted by atomic mass is 10.1.